The Morgan fingerprint density at radius 1 is 1.06 bits per heavy atom. The van der Waals surface area contributed by atoms with E-state index in [1.165, 1.54) is 10.7 Å². The average Bonchev–Trinajstić information content (AvgIpc) is 3.30. The predicted molar refractivity (Wildman–Crippen MR) is 123 cm³/mol. The van der Waals surface area contributed by atoms with Crippen LogP contribution in [0, 0.1) is 19.7 Å². The number of rotatable bonds is 6. The molecule has 0 saturated carbocycles. The van der Waals surface area contributed by atoms with Crippen LogP contribution in [0.2, 0.25) is 10.0 Å². The van der Waals surface area contributed by atoms with Gasteiger partial charge >= 0.3 is 0 Å². The highest BCUT2D eigenvalue weighted by Gasteiger charge is 2.13. The van der Waals surface area contributed by atoms with E-state index in [-0.39, 0.29) is 12.5 Å². The van der Waals surface area contributed by atoms with Gasteiger partial charge in [0.05, 0.1) is 29.5 Å². The zero-order valence-electron chi connectivity index (χ0n) is 17.4. The summed E-state index contributed by atoms with van der Waals surface area (Å²) in [6, 6.07) is 13.4. The summed E-state index contributed by atoms with van der Waals surface area (Å²) in [6.07, 6.45) is 1.65. The molecule has 0 radical (unpaired) electrons. The molecule has 164 valence electrons. The molecule has 0 fully saturated rings. The van der Waals surface area contributed by atoms with Crippen molar-refractivity contribution in [2.75, 3.05) is 5.32 Å². The summed E-state index contributed by atoms with van der Waals surface area (Å²) in [5.41, 5.74) is 3.39. The number of carbonyl (C=O) groups is 1. The maximum absolute atomic E-state index is 14.0. The lowest BCUT2D eigenvalue weighted by Crippen LogP contribution is -2.14. The second-order valence-electron chi connectivity index (χ2n) is 7.40. The van der Waals surface area contributed by atoms with Gasteiger partial charge < -0.3 is 5.32 Å². The zero-order chi connectivity index (χ0) is 22.8. The largest absolute Gasteiger partial charge is 0.305 e. The molecule has 9 heteroatoms. The minimum Gasteiger partial charge on any atom is -0.305 e. The number of aromatic nitrogens is 4. The van der Waals surface area contributed by atoms with Crippen LogP contribution < -0.4 is 5.32 Å². The van der Waals surface area contributed by atoms with Crippen LogP contribution in [0.1, 0.15) is 32.9 Å². The lowest BCUT2D eigenvalue weighted by molar-refractivity contribution is 0.102. The van der Waals surface area contributed by atoms with Crippen molar-refractivity contribution < 1.29 is 9.18 Å². The Morgan fingerprint density at radius 3 is 2.56 bits per heavy atom. The van der Waals surface area contributed by atoms with Gasteiger partial charge in [0, 0.05) is 28.4 Å². The number of nitrogens with one attached hydrogen (secondary N) is 1. The number of nitrogens with zero attached hydrogens (tertiary/aromatic N) is 4. The SMILES string of the molecule is Cc1nn(Cc2cccc(C(=O)Nc3ccn(Cc4c(F)cccc4Cl)n3)c2)c(C)c1Cl. The highest BCUT2D eigenvalue weighted by Crippen LogP contribution is 2.21. The highest BCUT2D eigenvalue weighted by atomic mass is 35.5. The van der Waals surface area contributed by atoms with Gasteiger partial charge in [-0.3, -0.25) is 14.2 Å². The average molecular weight is 472 g/mol. The fourth-order valence-electron chi connectivity index (χ4n) is 3.36. The molecule has 6 nitrogen and oxygen atoms in total. The van der Waals surface area contributed by atoms with Crippen molar-refractivity contribution in [3.63, 3.8) is 0 Å². The van der Waals surface area contributed by atoms with Gasteiger partial charge in [-0.05, 0) is 43.7 Å². The van der Waals surface area contributed by atoms with Gasteiger partial charge in [0.1, 0.15) is 5.82 Å². The Morgan fingerprint density at radius 2 is 1.84 bits per heavy atom. The second-order valence-corrected chi connectivity index (χ2v) is 8.18. The summed E-state index contributed by atoms with van der Waals surface area (Å²) < 4.78 is 17.3. The van der Waals surface area contributed by atoms with Crippen molar-refractivity contribution >= 4 is 34.9 Å². The van der Waals surface area contributed by atoms with Crippen LogP contribution in [0.25, 0.3) is 0 Å². The monoisotopic (exact) mass is 471 g/mol. The molecule has 1 amide bonds. The quantitative estimate of drug-likeness (QED) is 0.404. The van der Waals surface area contributed by atoms with E-state index in [0.29, 0.717) is 33.5 Å². The molecule has 1 N–H and O–H groups in total. The fraction of sp³-hybridized carbons (Fsp3) is 0.174. The van der Waals surface area contributed by atoms with Gasteiger partial charge in [-0.15, -0.1) is 0 Å². The van der Waals surface area contributed by atoms with Crippen molar-refractivity contribution in [2.24, 2.45) is 0 Å². The van der Waals surface area contributed by atoms with E-state index >= 15 is 0 Å². The lowest BCUT2D eigenvalue weighted by atomic mass is 10.1. The third-order valence-corrected chi connectivity index (χ3v) is 5.98. The van der Waals surface area contributed by atoms with E-state index in [2.05, 4.69) is 15.5 Å². The Hall–Kier alpha value is -3.16. The van der Waals surface area contributed by atoms with Crippen molar-refractivity contribution in [1.29, 1.82) is 0 Å². The van der Waals surface area contributed by atoms with Crippen LogP contribution in [0.5, 0.6) is 0 Å². The van der Waals surface area contributed by atoms with E-state index in [9.17, 15) is 9.18 Å². The molecule has 0 unspecified atom stereocenters. The van der Waals surface area contributed by atoms with Gasteiger partial charge in [0.2, 0.25) is 0 Å². The number of benzene rings is 2. The summed E-state index contributed by atoms with van der Waals surface area (Å²) in [5, 5.41) is 12.5. The molecule has 2 aromatic heterocycles. The second kappa shape index (κ2) is 9.14. The van der Waals surface area contributed by atoms with Gasteiger partial charge in [-0.2, -0.15) is 10.2 Å². The number of amides is 1. The molecule has 2 heterocycles. The highest BCUT2D eigenvalue weighted by molar-refractivity contribution is 6.32. The standard InChI is InChI=1S/C23H20Cl2FN5O/c1-14-22(25)15(2)31(28-14)12-16-5-3-6-17(11-16)23(32)27-21-9-10-30(29-21)13-18-19(24)7-4-8-20(18)26/h3-11H,12-13H2,1-2H3,(H,27,29,32). The topological polar surface area (TPSA) is 64.7 Å². The normalized spacial score (nSPS) is 11.0. The summed E-state index contributed by atoms with van der Waals surface area (Å²) in [5.74, 6) is -0.343. The summed E-state index contributed by atoms with van der Waals surface area (Å²) in [6.45, 7) is 4.42. The number of anilines is 1. The summed E-state index contributed by atoms with van der Waals surface area (Å²) in [4.78, 5) is 12.7. The fourth-order valence-corrected chi connectivity index (χ4v) is 3.72. The molecular formula is C23H20Cl2FN5O. The molecule has 0 bridgehead atoms. The first kappa shape index (κ1) is 22.0. The maximum Gasteiger partial charge on any atom is 0.256 e. The zero-order valence-corrected chi connectivity index (χ0v) is 19.0. The third-order valence-electron chi connectivity index (χ3n) is 5.08. The summed E-state index contributed by atoms with van der Waals surface area (Å²) in [7, 11) is 0. The molecular weight excluding hydrogens is 452 g/mol. The molecule has 0 aliphatic heterocycles. The molecule has 32 heavy (non-hydrogen) atoms. The molecule has 0 spiro atoms. The maximum atomic E-state index is 14.0. The van der Waals surface area contributed by atoms with Gasteiger partial charge in [-0.25, -0.2) is 4.39 Å². The Bertz CT molecular complexity index is 1280. The van der Waals surface area contributed by atoms with Crippen molar-refractivity contribution in [3.05, 3.63) is 98.7 Å². The molecule has 4 aromatic rings. The van der Waals surface area contributed by atoms with Crippen LogP contribution in [0.15, 0.2) is 54.7 Å². The Labute approximate surface area is 194 Å². The first-order chi connectivity index (χ1) is 15.3. The third kappa shape index (κ3) is 4.69. The minimum atomic E-state index is -0.403. The van der Waals surface area contributed by atoms with E-state index in [1.807, 2.05) is 30.7 Å². The molecule has 0 aliphatic rings. The molecule has 0 atom stereocenters. The number of halogens is 3. The van der Waals surface area contributed by atoms with Gasteiger partial charge in [0.25, 0.3) is 5.91 Å². The molecule has 2 aromatic carbocycles. The Kier molecular flexibility index (Phi) is 6.30. The van der Waals surface area contributed by atoms with E-state index in [4.69, 9.17) is 23.2 Å². The number of carbonyl (C=O) groups excluding carboxylic acids is 1. The molecule has 0 saturated heterocycles. The van der Waals surface area contributed by atoms with Gasteiger partial charge in [-0.1, -0.05) is 41.4 Å². The van der Waals surface area contributed by atoms with Crippen LogP contribution in [-0.2, 0) is 13.1 Å². The first-order valence-electron chi connectivity index (χ1n) is 9.88. The predicted octanol–water partition coefficient (Wildman–Crippen LogP) is 5.49. The van der Waals surface area contributed by atoms with Crippen LogP contribution >= 0.6 is 23.2 Å². The van der Waals surface area contributed by atoms with Crippen LogP contribution in [-0.4, -0.2) is 25.5 Å². The summed E-state index contributed by atoms with van der Waals surface area (Å²) >= 11 is 12.3. The Balaban J connectivity index is 1.45. The molecule has 4 rings (SSSR count). The smallest absolute Gasteiger partial charge is 0.256 e. The minimum absolute atomic E-state index is 0.155. The first-order valence-corrected chi connectivity index (χ1v) is 10.6. The van der Waals surface area contributed by atoms with E-state index in [1.54, 1.807) is 36.5 Å². The molecule has 0 aliphatic carbocycles. The van der Waals surface area contributed by atoms with Gasteiger partial charge in [0.15, 0.2) is 5.82 Å². The van der Waals surface area contributed by atoms with Crippen LogP contribution in [0.3, 0.4) is 0 Å². The number of hydrogen-bond acceptors (Lipinski definition) is 3. The van der Waals surface area contributed by atoms with Crippen molar-refractivity contribution in [1.82, 2.24) is 19.6 Å². The van der Waals surface area contributed by atoms with Crippen LogP contribution in [0.4, 0.5) is 10.2 Å². The van der Waals surface area contributed by atoms with E-state index < -0.39 is 5.82 Å². The number of hydrogen-bond donors (Lipinski definition) is 1. The lowest BCUT2D eigenvalue weighted by Gasteiger charge is -2.08. The number of aryl methyl sites for hydroxylation is 1. The van der Waals surface area contributed by atoms with Crippen molar-refractivity contribution in [2.45, 2.75) is 26.9 Å². The van der Waals surface area contributed by atoms with E-state index in [0.717, 1.165) is 17.0 Å². The van der Waals surface area contributed by atoms with Crippen molar-refractivity contribution in [3.8, 4) is 0 Å².